The van der Waals surface area contributed by atoms with Crippen molar-refractivity contribution < 1.29 is 4.79 Å². The Balaban J connectivity index is 1.66. The van der Waals surface area contributed by atoms with Gasteiger partial charge < -0.3 is 5.32 Å². The van der Waals surface area contributed by atoms with Gasteiger partial charge >= 0.3 is 0 Å². The molecule has 23 heavy (non-hydrogen) atoms. The second-order valence-corrected chi connectivity index (χ2v) is 6.10. The van der Waals surface area contributed by atoms with Gasteiger partial charge in [0.2, 0.25) is 0 Å². The maximum absolute atomic E-state index is 11.2. The standard InChI is InChI=1S/C21H23NO/c23-16-20-9-5-2-6-10-21(20)22-15-17-11-13-19(14-12-17)18-7-3-1-4-8-18/h1,3-4,7-8,11-14,16,22H,2,5-6,9-10,15H2. The highest BCUT2D eigenvalue weighted by atomic mass is 16.1. The fraction of sp³-hybridized carbons (Fsp3) is 0.286. The third-order valence-corrected chi connectivity index (χ3v) is 4.47. The molecular formula is C21H23NO. The molecule has 0 aromatic heterocycles. The zero-order valence-corrected chi connectivity index (χ0v) is 13.4. The van der Waals surface area contributed by atoms with E-state index >= 15 is 0 Å². The molecule has 0 saturated carbocycles. The molecule has 1 aliphatic rings. The first-order valence-corrected chi connectivity index (χ1v) is 8.42. The van der Waals surface area contributed by atoms with Crippen molar-refractivity contribution in [2.24, 2.45) is 0 Å². The average molecular weight is 305 g/mol. The molecule has 0 radical (unpaired) electrons. The van der Waals surface area contributed by atoms with Crippen LogP contribution in [0.2, 0.25) is 0 Å². The normalized spacial score (nSPS) is 15.1. The quantitative estimate of drug-likeness (QED) is 0.799. The number of hydrogen-bond donors (Lipinski definition) is 1. The number of allylic oxidation sites excluding steroid dienone is 2. The van der Waals surface area contributed by atoms with E-state index in [1.54, 1.807) is 0 Å². The number of benzene rings is 2. The summed E-state index contributed by atoms with van der Waals surface area (Å²) in [4.78, 5) is 11.2. The van der Waals surface area contributed by atoms with Gasteiger partial charge in [0.1, 0.15) is 6.29 Å². The highest BCUT2D eigenvalue weighted by Crippen LogP contribution is 2.22. The van der Waals surface area contributed by atoms with Gasteiger partial charge in [0, 0.05) is 17.8 Å². The molecule has 118 valence electrons. The van der Waals surface area contributed by atoms with E-state index < -0.39 is 0 Å². The van der Waals surface area contributed by atoms with Crippen LogP contribution in [0.3, 0.4) is 0 Å². The molecule has 0 spiro atoms. The largest absolute Gasteiger partial charge is 0.384 e. The lowest BCUT2D eigenvalue weighted by Gasteiger charge is -2.12. The second kappa shape index (κ2) is 7.77. The first-order valence-electron chi connectivity index (χ1n) is 8.42. The molecule has 0 fully saturated rings. The Morgan fingerprint density at radius 1 is 0.826 bits per heavy atom. The molecule has 0 bridgehead atoms. The Morgan fingerprint density at radius 2 is 1.52 bits per heavy atom. The lowest BCUT2D eigenvalue weighted by molar-refractivity contribution is -0.105. The number of rotatable bonds is 5. The summed E-state index contributed by atoms with van der Waals surface area (Å²) in [5, 5.41) is 3.49. The lowest BCUT2D eigenvalue weighted by atomic mass is 10.0. The Labute approximate surface area is 138 Å². The topological polar surface area (TPSA) is 29.1 Å². The van der Waals surface area contributed by atoms with Crippen molar-refractivity contribution in [3.8, 4) is 11.1 Å². The number of nitrogens with one attached hydrogen (secondary N) is 1. The van der Waals surface area contributed by atoms with Crippen molar-refractivity contribution in [1.82, 2.24) is 5.32 Å². The highest BCUT2D eigenvalue weighted by molar-refractivity contribution is 5.74. The van der Waals surface area contributed by atoms with Crippen LogP contribution in [-0.2, 0) is 11.3 Å². The van der Waals surface area contributed by atoms with Gasteiger partial charge in [0.05, 0.1) is 0 Å². The molecule has 0 amide bonds. The van der Waals surface area contributed by atoms with E-state index in [4.69, 9.17) is 0 Å². The Bertz CT molecular complexity index is 671. The highest BCUT2D eigenvalue weighted by Gasteiger charge is 2.10. The second-order valence-electron chi connectivity index (χ2n) is 6.10. The van der Waals surface area contributed by atoms with Crippen LogP contribution in [0, 0.1) is 0 Å². The molecular weight excluding hydrogens is 282 g/mol. The smallest absolute Gasteiger partial charge is 0.147 e. The van der Waals surface area contributed by atoms with Crippen molar-refractivity contribution >= 4 is 6.29 Å². The Hall–Kier alpha value is -2.35. The summed E-state index contributed by atoms with van der Waals surface area (Å²) in [5.74, 6) is 0. The summed E-state index contributed by atoms with van der Waals surface area (Å²) in [7, 11) is 0. The third-order valence-electron chi connectivity index (χ3n) is 4.47. The van der Waals surface area contributed by atoms with E-state index in [2.05, 4.69) is 53.8 Å². The average Bonchev–Trinajstić information content (AvgIpc) is 2.86. The van der Waals surface area contributed by atoms with Crippen LogP contribution in [0.25, 0.3) is 11.1 Å². The van der Waals surface area contributed by atoms with Crippen LogP contribution in [0.4, 0.5) is 0 Å². The molecule has 1 aliphatic carbocycles. The molecule has 1 N–H and O–H groups in total. The van der Waals surface area contributed by atoms with Gasteiger partial charge in [-0.3, -0.25) is 4.79 Å². The summed E-state index contributed by atoms with van der Waals surface area (Å²) >= 11 is 0. The maximum atomic E-state index is 11.2. The van der Waals surface area contributed by atoms with E-state index in [-0.39, 0.29) is 0 Å². The first-order chi connectivity index (χ1) is 11.4. The van der Waals surface area contributed by atoms with Crippen LogP contribution < -0.4 is 5.32 Å². The van der Waals surface area contributed by atoms with Crippen molar-refractivity contribution in [3.05, 3.63) is 71.4 Å². The number of carbonyl (C=O) groups excluding carboxylic acids is 1. The van der Waals surface area contributed by atoms with Gasteiger partial charge in [-0.2, -0.15) is 0 Å². The van der Waals surface area contributed by atoms with E-state index in [1.165, 1.54) is 29.5 Å². The van der Waals surface area contributed by atoms with Gasteiger partial charge in [-0.05, 0) is 42.4 Å². The summed E-state index contributed by atoms with van der Waals surface area (Å²) in [6.07, 6.45) is 6.47. The molecule has 0 unspecified atom stereocenters. The van der Waals surface area contributed by atoms with E-state index in [1.807, 2.05) is 6.07 Å². The van der Waals surface area contributed by atoms with Crippen LogP contribution in [0.5, 0.6) is 0 Å². The van der Waals surface area contributed by atoms with Gasteiger partial charge in [-0.1, -0.05) is 61.0 Å². The van der Waals surface area contributed by atoms with Crippen LogP contribution in [0.1, 0.15) is 37.7 Å². The minimum Gasteiger partial charge on any atom is -0.384 e. The van der Waals surface area contributed by atoms with Crippen molar-refractivity contribution in [3.63, 3.8) is 0 Å². The first kappa shape index (κ1) is 15.5. The monoisotopic (exact) mass is 305 g/mol. The number of carbonyl (C=O) groups is 1. The number of aldehydes is 1. The van der Waals surface area contributed by atoms with Crippen molar-refractivity contribution in [2.75, 3.05) is 0 Å². The third kappa shape index (κ3) is 4.10. The summed E-state index contributed by atoms with van der Waals surface area (Å²) in [6.45, 7) is 0.780. The Morgan fingerprint density at radius 3 is 2.26 bits per heavy atom. The molecule has 2 nitrogen and oxygen atoms in total. The van der Waals surface area contributed by atoms with Crippen LogP contribution in [0.15, 0.2) is 65.9 Å². The molecule has 2 aromatic carbocycles. The van der Waals surface area contributed by atoms with Crippen molar-refractivity contribution in [2.45, 2.75) is 38.6 Å². The zero-order valence-electron chi connectivity index (χ0n) is 13.4. The predicted octanol–water partition coefficient (Wildman–Crippen LogP) is 4.86. The molecule has 3 rings (SSSR count). The summed E-state index contributed by atoms with van der Waals surface area (Å²) < 4.78 is 0. The van der Waals surface area contributed by atoms with Crippen LogP contribution >= 0.6 is 0 Å². The molecule has 0 heterocycles. The molecule has 0 aliphatic heterocycles. The molecule has 2 aromatic rings. The Kier molecular flexibility index (Phi) is 5.25. The lowest BCUT2D eigenvalue weighted by Crippen LogP contribution is -2.15. The minimum atomic E-state index is 0.780. The number of hydrogen-bond acceptors (Lipinski definition) is 2. The molecule has 0 atom stereocenters. The molecule has 0 saturated heterocycles. The van der Waals surface area contributed by atoms with E-state index in [0.29, 0.717) is 0 Å². The van der Waals surface area contributed by atoms with Gasteiger partial charge in [-0.15, -0.1) is 0 Å². The van der Waals surface area contributed by atoms with Gasteiger partial charge in [0.25, 0.3) is 0 Å². The minimum absolute atomic E-state index is 0.780. The zero-order chi connectivity index (χ0) is 15.9. The van der Waals surface area contributed by atoms with Gasteiger partial charge in [-0.25, -0.2) is 0 Å². The fourth-order valence-electron chi connectivity index (χ4n) is 3.09. The summed E-state index contributed by atoms with van der Waals surface area (Å²) in [6, 6.07) is 19.0. The predicted molar refractivity (Wildman–Crippen MR) is 94.9 cm³/mol. The van der Waals surface area contributed by atoms with Crippen molar-refractivity contribution in [1.29, 1.82) is 0 Å². The van der Waals surface area contributed by atoms with Crippen LogP contribution in [-0.4, -0.2) is 6.29 Å². The SMILES string of the molecule is O=CC1=C(NCc2ccc(-c3ccccc3)cc2)CCCCC1. The van der Waals surface area contributed by atoms with E-state index in [0.717, 1.165) is 43.4 Å². The maximum Gasteiger partial charge on any atom is 0.147 e. The fourth-order valence-corrected chi connectivity index (χ4v) is 3.09. The van der Waals surface area contributed by atoms with E-state index in [9.17, 15) is 4.79 Å². The van der Waals surface area contributed by atoms with Gasteiger partial charge in [0.15, 0.2) is 0 Å². The summed E-state index contributed by atoms with van der Waals surface area (Å²) in [5.41, 5.74) is 5.82. The molecule has 2 heteroatoms.